The number of hydrogen-bond donors (Lipinski definition) is 2. The molecule has 0 unspecified atom stereocenters. The molecule has 3 amide bonds. The summed E-state index contributed by atoms with van der Waals surface area (Å²) >= 11 is 6.05. The smallest absolute Gasteiger partial charge is 0.338 e. The molecule has 164 valence electrons. The molecule has 0 aromatic heterocycles. The molecule has 3 rings (SSSR count). The average Bonchev–Trinajstić information content (AvgIpc) is 3.40. The van der Waals surface area contributed by atoms with Crippen molar-refractivity contribution in [1.29, 1.82) is 0 Å². The Bertz CT molecular complexity index is 924. The predicted octanol–water partition coefficient (Wildman–Crippen LogP) is 2.05. The third-order valence-electron chi connectivity index (χ3n) is 5.13. The second-order valence-electron chi connectivity index (χ2n) is 7.34. The number of urea groups is 1. The highest BCUT2D eigenvalue weighted by atomic mass is 35.5. The zero-order chi connectivity index (χ0) is 21.7. The van der Waals surface area contributed by atoms with Gasteiger partial charge in [-0.05, 0) is 43.9 Å². The van der Waals surface area contributed by atoms with E-state index in [4.69, 9.17) is 16.3 Å². The quantitative estimate of drug-likeness (QED) is 0.630. The van der Waals surface area contributed by atoms with E-state index >= 15 is 0 Å². The molecular weight excluding hydrogens is 434 g/mol. The highest BCUT2D eigenvalue weighted by Crippen LogP contribution is 2.28. The number of ether oxygens (including phenoxy) is 1. The van der Waals surface area contributed by atoms with Crippen molar-refractivity contribution in [2.24, 2.45) is 0 Å². The van der Waals surface area contributed by atoms with Crippen LogP contribution >= 0.6 is 11.6 Å². The Hall–Kier alpha value is -2.17. The van der Waals surface area contributed by atoms with Gasteiger partial charge in [-0.15, -0.1) is 0 Å². The van der Waals surface area contributed by atoms with E-state index < -0.39 is 34.5 Å². The molecule has 1 aliphatic heterocycles. The summed E-state index contributed by atoms with van der Waals surface area (Å²) in [6.45, 7) is 0.126. The Morgan fingerprint density at radius 2 is 1.77 bits per heavy atom. The molecular formula is C19H24ClN3O6S. The number of nitrogens with one attached hydrogen (secondary N) is 2. The van der Waals surface area contributed by atoms with Crippen molar-refractivity contribution in [1.82, 2.24) is 14.9 Å². The number of imide groups is 1. The zero-order valence-corrected chi connectivity index (χ0v) is 17.9. The molecule has 30 heavy (non-hydrogen) atoms. The van der Waals surface area contributed by atoms with Crippen LogP contribution in [-0.2, 0) is 19.6 Å². The molecule has 1 heterocycles. The summed E-state index contributed by atoms with van der Waals surface area (Å²) < 4.78 is 31.7. The van der Waals surface area contributed by atoms with Crippen molar-refractivity contribution in [3.8, 4) is 0 Å². The van der Waals surface area contributed by atoms with E-state index in [1.807, 2.05) is 0 Å². The van der Waals surface area contributed by atoms with Gasteiger partial charge in [-0.2, -0.15) is 4.31 Å². The van der Waals surface area contributed by atoms with Gasteiger partial charge in [-0.25, -0.2) is 18.0 Å². The number of nitrogens with zero attached hydrogens (tertiary/aromatic N) is 1. The van der Waals surface area contributed by atoms with Gasteiger partial charge in [0.25, 0.3) is 5.91 Å². The molecule has 0 atom stereocenters. The van der Waals surface area contributed by atoms with Crippen LogP contribution in [0.25, 0.3) is 0 Å². The van der Waals surface area contributed by atoms with Gasteiger partial charge in [0.15, 0.2) is 6.61 Å². The van der Waals surface area contributed by atoms with Gasteiger partial charge in [0.1, 0.15) is 4.90 Å². The van der Waals surface area contributed by atoms with E-state index in [-0.39, 0.29) is 21.5 Å². The third-order valence-corrected chi connectivity index (χ3v) is 7.51. The SMILES string of the molecule is O=C(COC(=O)c1ccc(Cl)c(S(=O)(=O)N2CCCC2)c1)NC(=O)NC1CCCC1. The van der Waals surface area contributed by atoms with Crippen LogP contribution < -0.4 is 10.6 Å². The fourth-order valence-electron chi connectivity index (χ4n) is 3.56. The van der Waals surface area contributed by atoms with Gasteiger partial charge in [-0.3, -0.25) is 10.1 Å². The second-order valence-corrected chi connectivity index (χ2v) is 9.65. The molecule has 1 saturated heterocycles. The standard InChI is InChI=1S/C19H24ClN3O6S/c20-15-8-7-13(11-16(15)30(27,28)23-9-3-4-10-23)18(25)29-12-17(24)22-19(26)21-14-5-1-2-6-14/h7-8,11,14H,1-6,9-10,12H2,(H2,21,22,24,26). The molecule has 11 heteroatoms. The first kappa shape index (κ1) is 22.5. The number of hydrogen-bond acceptors (Lipinski definition) is 6. The summed E-state index contributed by atoms with van der Waals surface area (Å²) in [5.41, 5.74) is -0.0552. The maximum absolute atomic E-state index is 12.7. The van der Waals surface area contributed by atoms with Crippen LogP contribution in [0.2, 0.25) is 5.02 Å². The lowest BCUT2D eigenvalue weighted by Gasteiger charge is -2.17. The lowest BCUT2D eigenvalue weighted by molar-refractivity contribution is -0.123. The third kappa shape index (κ3) is 5.50. The van der Waals surface area contributed by atoms with Crippen LogP contribution in [0.3, 0.4) is 0 Å². The Morgan fingerprint density at radius 1 is 1.10 bits per heavy atom. The van der Waals surface area contributed by atoms with Crippen LogP contribution in [0.15, 0.2) is 23.1 Å². The Labute approximate surface area is 180 Å². The number of sulfonamides is 1. The van der Waals surface area contributed by atoms with Gasteiger partial charge in [0.2, 0.25) is 10.0 Å². The van der Waals surface area contributed by atoms with E-state index in [2.05, 4.69) is 10.6 Å². The summed E-state index contributed by atoms with van der Waals surface area (Å²) in [6.07, 6.45) is 5.34. The van der Waals surface area contributed by atoms with Crippen molar-refractivity contribution in [3.63, 3.8) is 0 Å². The minimum Gasteiger partial charge on any atom is -0.452 e. The van der Waals surface area contributed by atoms with Gasteiger partial charge < -0.3 is 10.1 Å². The summed E-state index contributed by atoms with van der Waals surface area (Å²) in [5.74, 6) is -1.67. The molecule has 2 aliphatic rings. The number of rotatable bonds is 6. The van der Waals surface area contributed by atoms with Gasteiger partial charge >= 0.3 is 12.0 Å². The molecule has 2 N–H and O–H groups in total. The number of carbonyl (C=O) groups is 3. The minimum atomic E-state index is -3.82. The zero-order valence-electron chi connectivity index (χ0n) is 16.4. The molecule has 1 aliphatic carbocycles. The van der Waals surface area contributed by atoms with Crippen LogP contribution in [-0.4, -0.2) is 56.4 Å². The van der Waals surface area contributed by atoms with Crippen molar-refractivity contribution < 1.29 is 27.5 Å². The highest BCUT2D eigenvalue weighted by molar-refractivity contribution is 7.89. The Kier molecular flexibility index (Phi) is 7.32. The Balaban J connectivity index is 1.57. The lowest BCUT2D eigenvalue weighted by atomic mass is 10.2. The predicted molar refractivity (Wildman–Crippen MR) is 109 cm³/mol. The number of halogens is 1. The van der Waals surface area contributed by atoms with E-state index in [9.17, 15) is 22.8 Å². The number of amides is 3. The summed E-state index contributed by atoms with van der Waals surface area (Å²) in [6, 6.07) is 3.18. The van der Waals surface area contributed by atoms with E-state index in [0.717, 1.165) is 44.6 Å². The van der Waals surface area contributed by atoms with Crippen LogP contribution in [0.4, 0.5) is 4.79 Å². The monoisotopic (exact) mass is 457 g/mol. The molecule has 0 radical (unpaired) electrons. The topological polar surface area (TPSA) is 122 Å². The number of benzene rings is 1. The second kappa shape index (κ2) is 9.76. The number of carbonyl (C=O) groups excluding carboxylic acids is 3. The largest absolute Gasteiger partial charge is 0.452 e. The molecule has 0 spiro atoms. The first-order valence-electron chi connectivity index (χ1n) is 9.84. The van der Waals surface area contributed by atoms with Gasteiger partial charge in [0.05, 0.1) is 10.6 Å². The summed E-state index contributed by atoms with van der Waals surface area (Å²) in [4.78, 5) is 35.7. The van der Waals surface area contributed by atoms with Crippen molar-refractivity contribution in [3.05, 3.63) is 28.8 Å². The highest BCUT2D eigenvalue weighted by Gasteiger charge is 2.30. The Morgan fingerprint density at radius 3 is 2.43 bits per heavy atom. The molecule has 0 bridgehead atoms. The molecule has 9 nitrogen and oxygen atoms in total. The van der Waals surface area contributed by atoms with Crippen molar-refractivity contribution in [2.45, 2.75) is 49.5 Å². The van der Waals surface area contributed by atoms with Crippen molar-refractivity contribution >= 4 is 39.5 Å². The summed E-state index contributed by atoms with van der Waals surface area (Å²) in [5, 5.41) is 4.79. The van der Waals surface area contributed by atoms with Crippen LogP contribution in [0.1, 0.15) is 48.9 Å². The first-order chi connectivity index (χ1) is 14.3. The molecule has 1 aromatic rings. The van der Waals surface area contributed by atoms with E-state index in [1.165, 1.54) is 16.4 Å². The van der Waals surface area contributed by atoms with E-state index in [0.29, 0.717) is 13.1 Å². The minimum absolute atomic E-state index is 0.000207. The van der Waals surface area contributed by atoms with Gasteiger partial charge in [0, 0.05) is 19.1 Å². The molecule has 2 fully saturated rings. The average molecular weight is 458 g/mol. The fourth-order valence-corrected chi connectivity index (χ4v) is 5.58. The lowest BCUT2D eigenvalue weighted by Crippen LogP contribution is -2.45. The first-order valence-corrected chi connectivity index (χ1v) is 11.7. The fraction of sp³-hybridized carbons (Fsp3) is 0.526. The molecule has 1 saturated carbocycles. The maximum Gasteiger partial charge on any atom is 0.338 e. The normalized spacial score (nSPS) is 17.6. The van der Waals surface area contributed by atoms with Crippen LogP contribution in [0, 0.1) is 0 Å². The van der Waals surface area contributed by atoms with E-state index in [1.54, 1.807) is 0 Å². The maximum atomic E-state index is 12.7. The summed E-state index contributed by atoms with van der Waals surface area (Å²) in [7, 11) is -3.82. The number of esters is 1. The molecule has 1 aromatic carbocycles. The van der Waals surface area contributed by atoms with Crippen molar-refractivity contribution in [2.75, 3.05) is 19.7 Å². The van der Waals surface area contributed by atoms with Gasteiger partial charge in [-0.1, -0.05) is 24.4 Å². The van der Waals surface area contributed by atoms with Crippen LogP contribution in [0.5, 0.6) is 0 Å².